The summed E-state index contributed by atoms with van der Waals surface area (Å²) in [6.45, 7) is 1.02. The van der Waals surface area contributed by atoms with E-state index in [9.17, 15) is 18.0 Å². The molecule has 25 heavy (non-hydrogen) atoms. The van der Waals surface area contributed by atoms with Gasteiger partial charge in [-0.2, -0.15) is 4.31 Å². The SMILES string of the molecule is CC(=O)Nc1cccc(NC(=O)CN(C)S(=O)(=O)c2cccnc2)c1. The molecule has 2 amide bonds. The monoisotopic (exact) mass is 362 g/mol. The molecule has 0 unspecified atom stereocenters. The van der Waals surface area contributed by atoms with E-state index in [0.29, 0.717) is 11.4 Å². The van der Waals surface area contributed by atoms with Gasteiger partial charge in [0.25, 0.3) is 0 Å². The number of benzene rings is 1. The molecule has 132 valence electrons. The van der Waals surface area contributed by atoms with Gasteiger partial charge in [-0.15, -0.1) is 0 Å². The molecule has 0 bridgehead atoms. The standard InChI is InChI=1S/C16H18N4O4S/c1-12(21)18-13-5-3-6-14(9-13)19-16(22)11-20(2)25(23,24)15-7-4-8-17-10-15/h3-10H,11H2,1-2H3,(H,18,21)(H,19,22). The predicted octanol–water partition coefficient (Wildman–Crippen LogP) is 1.30. The first kappa shape index (κ1) is 18.6. The highest BCUT2D eigenvalue weighted by Crippen LogP contribution is 2.16. The number of aromatic nitrogens is 1. The number of pyridine rings is 1. The van der Waals surface area contributed by atoms with Crippen LogP contribution in [0.4, 0.5) is 11.4 Å². The van der Waals surface area contributed by atoms with Crippen LogP contribution in [0, 0.1) is 0 Å². The third-order valence-corrected chi connectivity index (χ3v) is 4.96. The molecule has 0 aliphatic rings. The molecule has 1 heterocycles. The zero-order chi connectivity index (χ0) is 18.4. The maximum absolute atomic E-state index is 12.4. The Balaban J connectivity index is 2.04. The van der Waals surface area contributed by atoms with Gasteiger partial charge >= 0.3 is 0 Å². The highest BCUT2D eigenvalue weighted by Gasteiger charge is 2.23. The molecule has 1 aromatic carbocycles. The minimum absolute atomic E-state index is 0.0120. The summed E-state index contributed by atoms with van der Waals surface area (Å²) in [7, 11) is -2.48. The van der Waals surface area contributed by atoms with Crippen molar-refractivity contribution in [2.24, 2.45) is 0 Å². The highest BCUT2D eigenvalue weighted by atomic mass is 32.2. The van der Waals surface area contributed by atoms with Crippen LogP contribution in [-0.4, -0.2) is 43.1 Å². The number of hydrogen-bond donors (Lipinski definition) is 2. The van der Waals surface area contributed by atoms with Crippen molar-refractivity contribution in [3.8, 4) is 0 Å². The smallest absolute Gasteiger partial charge is 0.244 e. The molecule has 2 aromatic rings. The largest absolute Gasteiger partial charge is 0.326 e. The Labute approximate surface area is 145 Å². The fourth-order valence-electron chi connectivity index (χ4n) is 2.05. The second-order valence-electron chi connectivity index (χ2n) is 5.26. The number of amides is 2. The van der Waals surface area contributed by atoms with E-state index < -0.39 is 15.9 Å². The van der Waals surface area contributed by atoms with Gasteiger partial charge in [-0.3, -0.25) is 14.6 Å². The number of sulfonamides is 1. The quantitative estimate of drug-likeness (QED) is 0.805. The van der Waals surface area contributed by atoms with E-state index in [0.717, 1.165) is 4.31 Å². The normalized spacial score (nSPS) is 11.2. The number of nitrogens with zero attached hydrogens (tertiary/aromatic N) is 2. The summed E-state index contributed by atoms with van der Waals surface area (Å²) in [5, 5.41) is 5.20. The van der Waals surface area contributed by atoms with Crippen molar-refractivity contribution >= 4 is 33.2 Å². The molecule has 0 spiro atoms. The first-order valence-electron chi connectivity index (χ1n) is 7.33. The van der Waals surface area contributed by atoms with E-state index >= 15 is 0 Å². The van der Waals surface area contributed by atoms with Crippen molar-refractivity contribution in [1.29, 1.82) is 0 Å². The van der Waals surface area contributed by atoms with Crippen molar-refractivity contribution in [1.82, 2.24) is 9.29 Å². The minimum Gasteiger partial charge on any atom is -0.326 e. The molecule has 0 saturated carbocycles. The van der Waals surface area contributed by atoms with Crippen LogP contribution in [0.1, 0.15) is 6.92 Å². The Morgan fingerprint density at radius 1 is 1.12 bits per heavy atom. The van der Waals surface area contributed by atoms with Crippen LogP contribution < -0.4 is 10.6 Å². The van der Waals surface area contributed by atoms with Crippen LogP contribution in [0.3, 0.4) is 0 Å². The van der Waals surface area contributed by atoms with Crippen molar-refractivity contribution in [3.05, 3.63) is 48.8 Å². The van der Waals surface area contributed by atoms with Gasteiger partial charge < -0.3 is 10.6 Å². The zero-order valence-corrected chi connectivity index (χ0v) is 14.6. The number of anilines is 2. The van der Waals surface area contributed by atoms with Gasteiger partial charge in [0, 0.05) is 37.7 Å². The lowest BCUT2D eigenvalue weighted by Crippen LogP contribution is -2.35. The Hall–Kier alpha value is -2.78. The molecular weight excluding hydrogens is 344 g/mol. The summed E-state index contributed by atoms with van der Waals surface area (Å²) in [5.41, 5.74) is 0.977. The Kier molecular flexibility index (Phi) is 5.84. The lowest BCUT2D eigenvalue weighted by atomic mass is 10.2. The van der Waals surface area contributed by atoms with E-state index in [2.05, 4.69) is 15.6 Å². The first-order chi connectivity index (χ1) is 11.8. The average Bonchev–Trinajstić information content (AvgIpc) is 2.55. The van der Waals surface area contributed by atoms with E-state index in [1.807, 2.05) is 0 Å². The summed E-state index contributed by atoms with van der Waals surface area (Å²) >= 11 is 0. The molecule has 0 saturated heterocycles. The molecular formula is C16H18N4O4S. The molecule has 9 heteroatoms. The molecule has 0 fully saturated rings. The third-order valence-electron chi connectivity index (χ3n) is 3.18. The van der Waals surface area contributed by atoms with Crippen LogP contribution in [0.5, 0.6) is 0 Å². The van der Waals surface area contributed by atoms with Gasteiger partial charge in [-0.1, -0.05) is 6.07 Å². The highest BCUT2D eigenvalue weighted by molar-refractivity contribution is 7.89. The van der Waals surface area contributed by atoms with E-state index in [1.54, 1.807) is 24.3 Å². The van der Waals surface area contributed by atoms with Gasteiger partial charge in [0.2, 0.25) is 21.8 Å². The van der Waals surface area contributed by atoms with Crippen LogP contribution in [-0.2, 0) is 19.6 Å². The predicted molar refractivity (Wildman–Crippen MR) is 93.4 cm³/mol. The molecule has 1 aromatic heterocycles. The third kappa shape index (κ3) is 5.10. The van der Waals surface area contributed by atoms with Crippen molar-refractivity contribution < 1.29 is 18.0 Å². The Morgan fingerprint density at radius 2 is 1.80 bits per heavy atom. The van der Waals surface area contributed by atoms with Crippen LogP contribution >= 0.6 is 0 Å². The Bertz CT molecular complexity index is 869. The molecule has 8 nitrogen and oxygen atoms in total. The fraction of sp³-hybridized carbons (Fsp3) is 0.188. The van der Waals surface area contributed by atoms with E-state index in [-0.39, 0.29) is 17.3 Å². The van der Waals surface area contributed by atoms with Crippen molar-refractivity contribution in [2.75, 3.05) is 24.2 Å². The van der Waals surface area contributed by atoms with Crippen LogP contribution in [0.2, 0.25) is 0 Å². The van der Waals surface area contributed by atoms with Gasteiger partial charge in [-0.05, 0) is 30.3 Å². The second kappa shape index (κ2) is 7.86. The second-order valence-corrected chi connectivity index (χ2v) is 7.30. The van der Waals surface area contributed by atoms with E-state index in [1.165, 1.54) is 38.5 Å². The summed E-state index contributed by atoms with van der Waals surface area (Å²) in [6.07, 6.45) is 2.69. The Morgan fingerprint density at radius 3 is 2.40 bits per heavy atom. The molecule has 2 N–H and O–H groups in total. The number of likely N-dealkylation sites (N-methyl/N-ethyl adjacent to an activating group) is 1. The molecule has 0 aliphatic carbocycles. The fourth-order valence-corrected chi connectivity index (χ4v) is 3.14. The number of hydrogen-bond acceptors (Lipinski definition) is 5. The number of nitrogens with one attached hydrogen (secondary N) is 2. The van der Waals surface area contributed by atoms with Crippen molar-refractivity contribution in [2.45, 2.75) is 11.8 Å². The summed E-state index contributed by atoms with van der Waals surface area (Å²) in [4.78, 5) is 27.0. The van der Waals surface area contributed by atoms with Gasteiger partial charge in [0.1, 0.15) is 4.90 Å². The van der Waals surface area contributed by atoms with Crippen molar-refractivity contribution in [3.63, 3.8) is 0 Å². The minimum atomic E-state index is -3.80. The van der Waals surface area contributed by atoms with Gasteiger partial charge in [0.05, 0.1) is 6.54 Å². The summed E-state index contributed by atoms with van der Waals surface area (Å²) in [5.74, 6) is -0.735. The lowest BCUT2D eigenvalue weighted by molar-refractivity contribution is -0.116. The summed E-state index contributed by atoms with van der Waals surface area (Å²) < 4.78 is 25.6. The molecule has 0 aliphatic heterocycles. The molecule has 2 rings (SSSR count). The number of carbonyl (C=O) groups excluding carboxylic acids is 2. The zero-order valence-electron chi connectivity index (χ0n) is 13.8. The van der Waals surface area contributed by atoms with Gasteiger partial charge in [-0.25, -0.2) is 8.42 Å². The van der Waals surface area contributed by atoms with Crippen LogP contribution in [0.15, 0.2) is 53.7 Å². The van der Waals surface area contributed by atoms with Crippen LogP contribution in [0.25, 0.3) is 0 Å². The maximum atomic E-state index is 12.4. The lowest BCUT2D eigenvalue weighted by Gasteiger charge is -2.16. The van der Waals surface area contributed by atoms with E-state index in [4.69, 9.17) is 0 Å². The average molecular weight is 362 g/mol. The summed E-state index contributed by atoms with van der Waals surface area (Å²) in [6, 6.07) is 9.47. The maximum Gasteiger partial charge on any atom is 0.244 e. The molecule has 0 radical (unpaired) electrons. The molecule has 0 atom stereocenters. The van der Waals surface area contributed by atoms with Gasteiger partial charge in [0.15, 0.2) is 0 Å². The number of carbonyl (C=O) groups is 2. The topological polar surface area (TPSA) is 108 Å². The number of rotatable bonds is 6. The first-order valence-corrected chi connectivity index (χ1v) is 8.77.